The van der Waals surface area contributed by atoms with Gasteiger partial charge in [0.15, 0.2) is 0 Å². The van der Waals surface area contributed by atoms with Crippen molar-refractivity contribution in [2.24, 2.45) is 0 Å². The fourth-order valence-corrected chi connectivity index (χ4v) is 3.83. The molecule has 0 spiro atoms. The first-order valence-corrected chi connectivity index (χ1v) is 9.21. The molecule has 1 fully saturated rings. The van der Waals surface area contributed by atoms with Crippen LogP contribution in [0.25, 0.3) is 0 Å². The maximum Gasteiger partial charge on any atom is 0.300 e. The minimum Gasteiger partial charge on any atom is -0.369 e. The molecule has 2 aromatic carbocycles. The Balaban J connectivity index is 1.46. The van der Waals surface area contributed by atoms with E-state index in [1.54, 1.807) is 0 Å². The van der Waals surface area contributed by atoms with E-state index in [0.717, 1.165) is 37.4 Å². The summed E-state index contributed by atoms with van der Waals surface area (Å²) in [4.78, 5) is 30.2. The van der Waals surface area contributed by atoms with Gasteiger partial charge >= 0.3 is 5.91 Å². The predicted molar refractivity (Wildman–Crippen MR) is 103 cm³/mol. The van der Waals surface area contributed by atoms with Crippen LogP contribution < -0.4 is 9.80 Å². The van der Waals surface area contributed by atoms with E-state index in [2.05, 4.69) is 16.7 Å². The summed E-state index contributed by atoms with van der Waals surface area (Å²) in [5, 5.41) is 0.706. The largest absolute Gasteiger partial charge is 0.369 e. The highest BCUT2D eigenvalue weighted by Crippen LogP contribution is 2.30. The van der Waals surface area contributed by atoms with Gasteiger partial charge in [0, 0.05) is 36.9 Å². The number of carbonyl (C=O) groups is 2. The zero-order chi connectivity index (χ0) is 19.1. The van der Waals surface area contributed by atoms with Gasteiger partial charge in [-0.05, 0) is 42.8 Å². The van der Waals surface area contributed by atoms with E-state index >= 15 is 0 Å². The molecule has 0 atom stereocenters. The molecular weight excluding hydrogens is 369 g/mol. The van der Waals surface area contributed by atoms with Gasteiger partial charge in [-0.15, -0.1) is 0 Å². The summed E-state index contributed by atoms with van der Waals surface area (Å²) in [6.07, 6.45) is 0. The second-order valence-electron chi connectivity index (χ2n) is 6.90. The third-order valence-electron chi connectivity index (χ3n) is 5.16. The number of halogens is 2. The Bertz CT molecular complexity index is 925. The van der Waals surface area contributed by atoms with Gasteiger partial charge in [0.2, 0.25) is 0 Å². The number of hydrogen-bond acceptors (Lipinski definition) is 4. The van der Waals surface area contributed by atoms with E-state index in [1.165, 1.54) is 23.1 Å². The lowest BCUT2D eigenvalue weighted by Crippen LogP contribution is -2.51. The van der Waals surface area contributed by atoms with Crippen LogP contribution in [0.2, 0.25) is 5.02 Å². The third-order valence-corrected chi connectivity index (χ3v) is 5.40. The van der Waals surface area contributed by atoms with E-state index in [4.69, 9.17) is 11.6 Å². The number of Topliss-reactive ketones (excluding diaryl/α,β-unsaturated/α-hetero) is 1. The highest BCUT2D eigenvalue weighted by atomic mass is 35.5. The van der Waals surface area contributed by atoms with Crippen LogP contribution in [0.3, 0.4) is 0 Å². The Kier molecular flexibility index (Phi) is 4.61. The zero-order valence-corrected chi connectivity index (χ0v) is 15.7. The third kappa shape index (κ3) is 3.31. The molecule has 7 heteroatoms. The second kappa shape index (κ2) is 6.94. The number of hydrogen-bond donors (Lipinski definition) is 0. The Labute approximate surface area is 161 Å². The second-order valence-corrected chi connectivity index (χ2v) is 7.34. The number of aryl methyl sites for hydroxylation is 1. The Hall–Kier alpha value is -2.44. The number of ketones is 1. The minimum atomic E-state index is -0.594. The van der Waals surface area contributed by atoms with E-state index in [1.807, 2.05) is 18.2 Å². The number of fused-ring (bicyclic) bond motifs is 1. The predicted octanol–water partition coefficient (Wildman–Crippen LogP) is 3.10. The lowest BCUT2D eigenvalue weighted by Gasteiger charge is -2.38. The number of benzene rings is 2. The molecule has 5 nitrogen and oxygen atoms in total. The molecule has 1 amide bonds. The fraction of sp³-hybridized carbons (Fsp3) is 0.300. The highest BCUT2D eigenvalue weighted by Gasteiger charge is 2.37. The average Bonchev–Trinajstić information content (AvgIpc) is 2.89. The number of carbonyl (C=O) groups excluding carboxylic acids is 2. The number of piperazine rings is 1. The van der Waals surface area contributed by atoms with Gasteiger partial charge < -0.3 is 4.90 Å². The SMILES string of the molecule is Cc1ccc(Cl)cc1N1CCN(CN2C(=O)C(=O)c3ccc(F)cc32)CC1. The molecule has 4 rings (SSSR count). The molecule has 2 aliphatic heterocycles. The molecule has 140 valence electrons. The Morgan fingerprint density at radius 1 is 1.00 bits per heavy atom. The first kappa shape index (κ1) is 17.9. The van der Waals surface area contributed by atoms with Crippen molar-refractivity contribution in [3.05, 3.63) is 58.4 Å². The number of anilines is 2. The van der Waals surface area contributed by atoms with Crippen LogP contribution in [0.15, 0.2) is 36.4 Å². The van der Waals surface area contributed by atoms with Crippen LogP contribution in [0.1, 0.15) is 15.9 Å². The summed E-state index contributed by atoms with van der Waals surface area (Å²) < 4.78 is 13.6. The summed E-state index contributed by atoms with van der Waals surface area (Å²) in [6.45, 7) is 5.37. The van der Waals surface area contributed by atoms with Crippen molar-refractivity contribution in [2.75, 3.05) is 42.6 Å². The van der Waals surface area contributed by atoms with Crippen LogP contribution in [0, 0.1) is 12.7 Å². The number of rotatable bonds is 3. The van der Waals surface area contributed by atoms with Gasteiger partial charge in [0.05, 0.1) is 17.9 Å². The van der Waals surface area contributed by atoms with Crippen LogP contribution >= 0.6 is 11.6 Å². The standard InChI is InChI=1S/C20H19ClFN3O2/c1-13-2-3-14(21)10-17(13)24-8-6-23(7-9-24)12-25-18-11-15(22)4-5-16(18)19(26)20(25)27/h2-5,10-11H,6-9,12H2,1H3. The molecule has 0 aromatic heterocycles. The monoisotopic (exact) mass is 387 g/mol. The molecule has 2 aliphatic rings. The molecular formula is C20H19ClFN3O2. The molecule has 0 N–H and O–H groups in total. The van der Waals surface area contributed by atoms with Crippen molar-refractivity contribution in [1.29, 1.82) is 0 Å². The molecule has 0 radical (unpaired) electrons. The first-order chi connectivity index (χ1) is 12.9. The van der Waals surface area contributed by atoms with Crippen LogP contribution in [0.4, 0.5) is 15.8 Å². The summed E-state index contributed by atoms with van der Waals surface area (Å²) in [7, 11) is 0. The van der Waals surface area contributed by atoms with Crippen LogP contribution in [-0.4, -0.2) is 49.4 Å². The summed E-state index contributed by atoms with van der Waals surface area (Å²) in [5.74, 6) is -1.62. The summed E-state index contributed by atoms with van der Waals surface area (Å²) in [5.41, 5.74) is 2.91. The van der Waals surface area contributed by atoms with Crippen molar-refractivity contribution < 1.29 is 14.0 Å². The normalized spacial score (nSPS) is 17.6. The van der Waals surface area contributed by atoms with E-state index < -0.39 is 17.5 Å². The molecule has 0 saturated carbocycles. The number of amides is 1. The summed E-state index contributed by atoms with van der Waals surface area (Å²) in [6, 6.07) is 9.69. The Morgan fingerprint density at radius 3 is 2.48 bits per heavy atom. The molecule has 27 heavy (non-hydrogen) atoms. The molecule has 2 aromatic rings. The molecule has 2 heterocycles. The van der Waals surface area contributed by atoms with Gasteiger partial charge in [-0.2, -0.15) is 0 Å². The summed E-state index contributed by atoms with van der Waals surface area (Å²) >= 11 is 6.12. The van der Waals surface area contributed by atoms with E-state index in [-0.39, 0.29) is 12.2 Å². The topological polar surface area (TPSA) is 43.9 Å². The minimum absolute atomic E-state index is 0.273. The lowest BCUT2D eigenvalue weighted by molar-refractivity contribution is -0.114. The van der Waals surface area contributed by atoms with Crippen LogP contribution in [0.5, 0.6) is 0 Å². The van der Waals surface area contributed by atoms with Gasteiger partial charge in [0.1, 0.15) is 5.82 Å². The quantitative estimate of drug-likeness (QED) is 0.759. The van der Waals surface area contributed by atoms with Gasteiger partial charge in [0.25, 0.3) is 5.78 Å². The van der Waals surface area contributed by atoms with E-state index in [9.17, 15) is 14.0 Å². The molecule has 0 bridgehead atoms. The highest BCUT2D eigenvalue weighted by molar-refractivity contribution is 6.52. The fourth-order valence-electron chi connectivity index (χ4n) is 3.66. The first-order valence-electron chi connectivity index (χ1n) is 8.83. The average molecular weight is 388 g/mol. The van der Waals surface area contributed by atoms with Gasteiger partial charge in [-0.25, -0.2) is 4.39 Å². The number of nitrogens with zero attached hydrogens (tertiary/aromatic N) is 3. The van der Waals surface area contributed by atoms with Crippen molar-refractivity contribution in [3.63, 3.8) is 0 Å². The van der Waals surface area contributed by atoms with E-state index in [0.29, 0.717) is 10.7 Å². The van der Waals surface area contributed by atoms with Crippen molar-refractivity contribution >= 4 is 34.7 Å². The van der Waals surface area contributed by atoms with Crippen molar-refractivity contribution in [1.82, 2.24) is 4.90 Å². The zero-order valence-electron chi connectivity index (χ0n) is 14.9. The smallest absolute Gasteiger partial charge is 0.300 e. The van der Waals surface area contributed by atoms with Gasteiger partial charge in [-0.1, -0.05) is 17.7 Å². The maximum absolute atomic E-state index is 13.6. The van der Waals surface area contributed by atoms with Crippen LogP contribution in [-0.2, 0) is 4.79 Å². The lowest BCUT2D eigenvalue weighted by atomic mass is 10.1. The molecule has 0 unspecified atom stereocenters. The Morgan fingerprint density at radius 2 is 1.74 bits per heavy atom. The maximum atomic E-state index is 13.6. The molecule has 1 saturated heterocycles. The van der Waals surface area contributed by atoms with Crippen molar-refractivity contribution in [2.45, 2.75) is 6.92 Å². The van der Waals surface area contributed by atoms with Crippen molar-refractivity contribution in [3.8, 4) is 0 Å². The van der Waals surface area contributed by atoms with Gasteiger partial charge in [-0.3, -0.25) is 19.4 Å². The molecule has 0 aliphatic carbocycles.